The van der Waals surface area contributed by atoms with Gasteiger partial charge in [-0.25, -0.2) is 0 Å². The molecule has 2 fully saturated rings. The van der Waals surface area contributed by atoms with Crippen molar-refractivity contribution in [1.82, 2.24) is 25.4 Å². The summed E-state index contributed by atoms with van der Waals surface area (Å²) in [6.07, 6.45) is 4.59. The van der Waals surface area contributed by atoms with Crippen molar-refractivity contribution in [2.45, 2.75) is 42.8 Å². The van der Waals surface area contributed by atoms with Crippen LogP contribution in [0.3, 0.4) is 0 Å². The van der Waals surface area contributed by atoms with Gasteiger partial charge in [0.2, 0.25) is 5.91 Å². The number of amides is 1. The van der Waals surface area contributed by atoms with E-state index in [2.05, 4.69) is 20.8 Å². The van der Waals surface area contributed by atoms with Crippen molar-refractivity contribution >= 4 is 17.7 Å². The largest absolute Gasteiger partial charge is 0.353 e. The molecule has 1 atom stereocenters. The zero-order valence-corrected chi connectivity index (χ0v) is 12.6. The summed E-state index contributed by atoms with van der Waals surface area (Å²) < 4.78 is 2.03. The fraction of sp³-hybridized carbons (Fsp3) is 0.769. The molecule has 0 aromatic carbocycles. The van der Waals surface area contributed by atoms with E-state index in [0.717, 1.165) is 43.3 Å². The molecule has 0 spiro atoms. The van der Waals surface area contributed by atoms with E-state index in [0.29, 0.717) is 17.7 Å². The summed E-state index contributed by atoms with van der Waals surface area (Å²) in [5.41, 5.74) is 0. The molecular weight excluding hydrogens is 274 g/mol. The lowest BCUT2D eigenvalue weighted by Gasteiger charge is -2.21. The lowest BCUT2D eigenvalue weighted by molar-refractivity contribution is -0.118. The van der Waals surface area contributed by atoms with Crippen LogP contribution in [0.15, 0.2) is 5.16 Å². The number of nitrogens with zero attached hydrogens (tertiary/aromatic N) is 3. The van der Waals surface area contributed by atoms with Crippen LogP contribution < -0.4 is 10.6 Å². The molecule has 20 heavy (non-hydrogen) atoms. The van der Waals surface area contributed by atoms with Crippen LogP contribution in [0.5, 0.6) is 0 Å². The normalized spacial score (nSPS) is 22.8. The fourth-order valence-corrected chi connectivity index (χ4v) is 3.24. The highest BCUT2D eigenvalue weighted by atomic mass is 32.2. The monoisotopic (exact) mass is 295 g/mol. The van der Waals surface area contributed by atoms with Gasteiger partial charge in [0, 0.05) is 25.6 Å². The zero-order chi connectivity index (χ0) is 13.9. The van der Waals surface area contributed by atoms with Gasteiger partial charge in [-0.1, -0.05) is 11.8 Å². The number of carbonyl (C=O) groups excluding carboxylic acids is 1. The smallest absolute Gasteiger partial charge is 0.230 e. The highest BCUT2D eigenvalue weighted by Gasteiger charge is 2.24. The van der Waals surface area contributed by atoms with Crippen LogP contribution in [-0.4, -0.2) is 45.6 Å². The summed E-state index contributed by atoms with van der Waals surface area (Å²) in [5, 5.41) is 15.8. The number of rotatable bonds is 5. The Kier molecular flexibility index (Phi) is 4.26. The summed E-state index contributed by atoms with van der Waals surface area (Å²) >= 11 is 1.47. The summed E-state index contributed by atoms with van der Waals surface area (Å²) in [6, 6.07) is 0.423. The van der Waals surface area contributed by atoms with E-state index in [1.54, 1.807) is 0 Å². The highest BCUT2D eigenvalue weighted by Crippen LogP contribution is 2.25. The van der Waals surface area contributed by atoms with E-state index in [-0.39, 0.29) is 5.91 Å². The molecule has 110 valence electrons. The van der Waals surface area contributed by atoms with E-state index in [1.165, 1.54) is 18.2 Å². The van der Waals surface area contributed by atoms with Gasteiger partial charge in [-0.05, 0) is 32.2 Å². The molecule has 3 rings (SSSR count). The molecule has 2 aliphatic rings. The van der Waals surface area contributed by atoms with Gasteiger partial charge in [-0.3, -0.25) is 4.79 Å². The number of piperidine rings is 1. The van der Waals surface area contributed by atoms with Crippen LogP contribution in [-0.2, 0) is 11.8 Å². The molecule has 0 radical (unpaired) electrons. The Morgan fingerprint density at radius 3 is 3.00 bits per heavy atom. The molecule has 1 saturated carbocycles. The van der Waals surface area contributed by atoms with Crippen molar-refractivity contribution in [3.05, 3.63) is 5.82 Å². The molecular formula is C13H21N5OS. The summed E-state index contributed by atoms with van der Waals surface area (Å²) in [4.78, 5) is 11.7. The van der Waals surface area contributed by atoms with E-state index >= 15 is 0 Å². The summed E-state index contributed by atoms with van der Waals surface area (Å²) in [5.74, 6) is 1.99. The van der Waals surface area contributed by atoms with Gasteiger partial charge in [0.1, 0.15) is 5.82 Å². The van der Waals surface area contributed by atoms with Gasteiger partial charge in [-0.15, -0.1) is 10.2 Å². The zero-order valence-electron chi connectivity index (χ0n) is 11.8. The van der Waals surface area contributed by atoms with Gasteiger partial charge in [-0.2, -0.15) is 0 Å². The minimum absolute atomic E-state index is 0.0985. The van der Waals surface area contributed by atoms with Crippen LogP contribution in [0.4, 0.5) is 0 Å². The fourth-order valence-electron chi connectivity index (χ4n) is 2.51. The Hall–Kier alpha value is -1.08. The van der Waals surface area contributed by atoms with Crippen molar-refractivity contribution in [2.75, 3.05) is 18.8 Å². The first kappa shape index (κ1) is 13.9. The number of thioether (sulfide) groups is 1. The van der Waals surface area contributed by atoms with Gasteiger partial charge in [0.25, 0.3) is 0 Å². The van der Waals surface area contributed by atoms with Crippen molar-refractivity contribution in [3.8, 4) is 0 Å². The van der Waals surface area contributed by atoms with Gasteiger partial charge in [0.05, 0.1) is 5.75 Å². The molecule has 1 aromatic rings. The number of carbonyl (C=O) groups is 1. The van der Waals surface area contributed by atoms with Crippen LogP contribution in [0, 0.1) is 0 Å². The standard InChI is InChI=1S/C13H21N5OS/c1-18-12(9-3-2-6-14-7-9)16-17-13(18)20-8-11(19)15-10-4-5-10/h9-10,14H,2-8H2,1H3,(H,15,19)/t9-/m0/s1. The lowest BCUT2D eigenvalue weighted by Crippen LogP contribution is -2.30. The Morgan fingerprint density at radius 1 is 1.45 bits per heavy atom. The maximum Gasteiger partial charge on any atom is 0.230 e. The van der Waals surface area contributed by atoms with E-state index in [4.69, 9.17) is 0 Å². The molecule has 1 saturated heterocycles. The average Bonchev–Trinajstić information content (AvgIpc) is 3.19. The van der Waals surface area contributed by atoms with E-state index in [9.17, 15) is 4.79 Å². The van der Waals surface area contributed by atoms with Crippen LogP contribution in [0.2, 0.25) is 0 Å². The quantitative estimate of drug-likeness (QED) is 0.781. The molecule has 0 bridgehead atoms. The molecule has 1 aromatic heterocycles. The first-order valence-electron chi connectivity index (χ1n) is 7.26. The molecule has 2 heterocycles. The predicted octanol–water partition coefficient (Wildman–Crippen LogP) is 0.653. The Balaban J connectivity index is 1.56. The Bertz CT molecular complexity index is 479. The topological polar surface area (TPSA) is 71.8 Å². The van der Waals surface area contributed by atoms with Crippen molar-refractivity contribution in [1.29, 1.82) is 0 Å². The predicted molar refractivity (Wildman–Crippen MR) is 77.7 cm³/mol. The summed E-state index contributed by atoms with van der Waals surface area (Å²) in [7, 11) is 1.99. The van der Waals surface area contributed by atoms with E-state index in [1.807, 2.05) is 11.6 Å². The second kappa shape index (κ2) is 6.13. The SMILES string of the molecule is Cn1c(SCC(=O)NC2CC2)nnc1[C@H]1CCCNC1. The van der Waals surface area contributed by atoms with Crippen LogP contribution >= 0.6 is 11.8 Å². The van der Waals surface area contributed by atoms with Crippen molar-refractivity contribution < 1.29 is 4.79 Å². The third-order valence-corrected chi connectivity index (χ3v) is 4.83. The third-order valence-electron chi connectivity index (χ3n) is 3.81. The minimum atomic E-state index is 0.0985. The van der Waals surface area contributed by atoms with Gasteiger partial charge >= 0.3 is 0 Å². The Morgan fingerprint density at radius 2 is 2.30 bits per heavy atom. The number of hydrogen-bond acceptors (Lipinski definition) is 5. The van der Waals surface area contributed by atoms with Crippen LogP contribution in [0.1, 0.15) is 37.4 Å². The van der Waals surface area contributed by atoms with Gasteiger partial charge < -0.3 is 15.2 Å². The molecule has 1 aliphatic heterocycles. The van der Waals surface area contributed by atoms with Crippen molar-refractivity contribution in [2.24, 2.45) is 7.05 Å². The van der Waals surface area contributed by atoms with Gasteiger partial charge in [0.15, 0.2) is 5.16 Å². The number of aromatic nitrogens is 3. The highest BCUT2D eigenvalue weighted by molar-refractivity contribution is 7.99. The maximum absolute atomic E-state index is 11.7. The van der Waals surface area contributed by atoms with Crippen molar-refractivity contribution in [3.63, 3.8) is 0 Å². The molecule has 7 heteroatoms. The first-order chi connectivity index (χ1) is 9.74. The molecule has 1 amide bonds. The second-order valence-corrected chi connectivity index (χ2v) is 6.52. The second-order valence-electron chi connectivity index (χ2n) is 5.57. The third kappa shape index (κ3) is 3.32. The lowest BCUT2D eigenvalue weighted by atomic mass is 9.99. The summed E-state index contributed by atoms with van der Waals surface area (Å²) in [6.45, 7) is 2.07. The van der Waals surface area contributed by atoms with Crippen LogP contribution in [0.25, 0.3) is 0 Å². The Labute approximate surface area is 123 Å². The van der Waals surface area contributed by atoms with E-state index < -0.39 is 0 Å². The molecule has 0 unspecified atom stereocenters. The first-order valence-corrected chi connectivity index (χ1v) is 8.25. The minimum Gasteiger partial charge on any atom is -0.353 e. The number of nitrogens with one attached hydrogen (secondary N) is 2. The average molecular weight is 295 g/mol. The number of hydrogen-bond donors (Lipinski definition) is 2. The molecule has 1 aliphatic carbocycles. The molecule has 6 nitrogen and oxygen atoms in total. The maximum atomic E-state index is 11.7. The molecule has 2 N–H and O–H groups in total.